The predicted molar refractivity (Wildman–Crippen MR) is 79.5 cm³/mol. The van der Waals surface area contributed by atoms with E-state index in [-0.39, 0.29) is 0 Å². The second kappa shape index (κ2) is 8.91. The van der Waals surface area contributed by atoms with E-state index in [2.05, 4.69) is 46.8 Å². The van der Waals surface area contributed by atoms with Gasteiger partial charge in [0.1, 0.15) is 0 Å². The van der Waals surface area contributed by atoms with Crippen LogP contribution in [-0.2, 0) is 12.8 Å². The Bertz CT molecular complexity index is 360. The van der Waals surface area contributed by atoms with Gasteiger partial charge in [-0.2, -0.15) is 0 Å². The number of thiazole rings is 1. The van der Waals surface area contributed by atoms with Gasteiger partial charge < -0.3 is 10.6 Å². The zero-order chi connectivity index (χ0) is 13.2. The third kappa shape index (κ3) is 5.49. The largest absolute Gasteiger partial charge is 0.357 e. The third-order valence-electron chi connectivity index (χ3n) is 2.41. The van der Waals surface area contributed by atoms with Gasteiger partial charge in [0.25, 0.3) is 0 Å². The van der Waals surface area contributed by atoms with E-state index in [0.717, 1.165) is 44.9 Å². The first kappa shape index (κ1) is 15.0. The highest BCUT2D eigenvalue weighted by atomic mass is 32.1. The molecule has 1 rings (SSSR count). The van der Waals surface area contributed by atoms with Crippen LogP contribution in [0, 0.1) is 0 Å². The molecular formula is C13H24N4S. The predicted octanol–water partition coefficient (Wildman–Crippen LogP) is 2.21. The van der Waals surface area contributed by atoms with Crippen molar-refractivity contribution in [1.82, 2.24) is 15.6 Å². The SMILES string of the molecule is CCCN=C(NCC)NCCc1csc(CC)n1. The first-order valence-electron chi connectivity index (χ1n) is 6.75. The summed E-state index contributed by atoms with van der Waals surface area (Å²) in [4.78, 5) is 9.01. The molecule has 1 heterocycles. The van der Waals surface area contributed by atoms with Gasteiger partial charge in [0.2, 0.25) is 0 Å². The van der Waals surface area contributed by atoms with E-state index in [1.54, 1.807) is 11.3 Å². The Hall–Kier alpha value is -1.10. The number of hydrogen-bond donors (Lipinski definition) is 2. The van der Waals surface area contributed by atoms with Gasteiger partial charge in [-0.15, -0.1) is 11.3 Å². The molecule has 0 fully saturated rings. The topological polar surface area (TPSA) is 49.3 Å². The van der Waals surface area contributed by atoms with Crippen LogP contribution in [0.1, 0.15) is 37.9 Å². The van der Waals surface area contributed by atoms with E-state index in [1.165, 1.54) is 10.7 Å². The van der Waals surface area contributed by atoms with Crippen molar-refractivity contribution in [1.29, 1.82) is 0 Å². The number of aryl methyl sites for hydroxylation is 1. The monoisotopic (exact) mass is 268 g/mol. The summed E-state index contributed by atoms with van der Waals surface area (Å²) in [7, 11) is 0. The Morgan fingerprint density at radius 1 is 1.33 bits per heavy atom. The number of rotatable bonds is 7. The maximum Gasteiger partial charge on any atom is 0.191 e. The van der Waals surface area contributed by atoms with Gasteiger partial charge in [-0.3, -0.25) is 4.99 Å². The molecule has 0 aromatic carbocycles. The third-order valence-corrected chi connectivity index (χ3v) is 3.46. The molecule has 0 spiro atoms. The number of nitrogens with one attached hydrogen (secondary N) is 2. The molecule has 2 N–H and O–H groups in total. The molecule has 0 bridgehead atoms. The fourth-order valence-electron chi connectivity index (χ4n) is 1.50. The van der Waals surface area contributed by atoms with E-state index in [9.17, 15) is 0 Å². The van der Waals surface area contributed by atoms with Crippen LogP contribution < -0.4 is 10.6 Å². The quantitative estimate of drug-likeness (QED) is 0.589. The maximum atomic E-state index is 4.55. The molecule has 5 heteroatoms. The van der Waals surface area contributed by atoms with Gasteiger partial charge >= 0.3 is 0 Å². The van der Waals surface area contributed by atoms with Crippen molar-refractivity contribution in [3.05, 3.63) is 16.1 Å². The molecule has 102 valence electrons. The lowest BCUT2D eigenvalue weighted by Crippen LogP contribution is -2.38. The Labute approximate surface area is 114 Å². The smallest absolute Gasteiger partial charge is 0.191 e. The first-order valence-corrected chi connectivity index (χ1v) is 7.63. The van der Waals surface area contributed by atoms with Crippen molar-refractivity contribution in [2.24, 2.45) is 4.99 Å². The maximum absolute atomic E-state index is 4.55. The summed E-state index contributed by atoms with van der Waals surface area (Å²) in [5, 5.41) is 9.94. The normalized spacial score (nSPS) is 11.6. The lowest BCUT2D eigenvalue weighted by atomic mass is 10.3. The summed E-state index contributed by atoms with van der Waals surface area (Å²) in [5.74, 6) is 0.908. The Kier molecular flexibility index (Phi) is 7.41. The van der Waals surface area contributed by atoms with Crippen LogP contribution >= 0.6 is 11.3 Å². The molecule has 0 unspecified atom stereocenters. The second-order valence-electron chi connectivity index (χ2n) is 4.02. The highest BCUT2D eigenvalue weighted by molar-refractivity contribution is 7.09. The van der Waals surface area contributed by atoms with Gasteiger partial charge in [-0.1, -0.05) is 13.8 Å². The lowest BCUT2D eigenvalue weighted by Gasteiger charge is -2.10. The number of nitrogens with zero attached hydrogens (tertiary/aromatic N) is 2. The van der Waals surface area contributed by atoms with Gasteiger partial charge in [-0.25, -0.2) is 4.98 Å². The van der Waals surface area contributed by atoms with Gasteiger partial charge in [0.05, 0.1) is 10.7 Å². The van der Waals surface area contributed by atoms with Crippen molar-refractivity contribution in [3.8, 4) is 0 Å². The minimum Gasteiger partial charge on any atom is -0.357 e. The van der Waals surface area contributed by atoms with Crippen molar-refractivity contribution in [2.75, 3.05) is 19.6 Å². The van der Waals surface area contributed by atoms with E-state index in [0.29, 0.717) is 0 Å². The minimum absolute atomic E-state index is 0.867. The van der Waals surface area contributed by atoms with Crippen molar-refractivity contribution in [2.45, 2.75) is 40.0 Å². The molecular weight excluding hydrogens is 244 g/mol. The highest BCUT2D eigenvalue weighted by Gasteiger charge is 2.01. The molecule has 0 saturated heterocycles. The number of aromatic nitrogens is 1. The molecule has 18 heavy (non-hydrogen) atoms. The molecule has 1 aromatic heterocycles. The van der Waals surface area contributed by atoms with Crippen molar-refractivity contribution in [3.63, 3.8) is 0 Å². The number of hydrogen-bond acceptors (Lipinski definition) is 3. The minimum atomic E-state index is 0.867. The standard InChI is InChI=1S/C13H24N4S/c1-4-8-15-13(14-6-3)16-9-7-11-10-18-12(5-2)17-11/h10H,4-9H2,1-3H3,(H2,14,15,16). The molecule has 0 aliphatic heterocycles. The van der Waals surface area contributed by atoms with Crippen LogP contribution in [0.2, 0.25) is 0 Å². The average molecular weight is 268 g/mol. The Balaban J connectivity index is 2.33. The zero-order valence-electron chi connectivity index (χ0n) is 11.6. The van der Waals surface area contributed by atoms with Crippen LogP contribution in [0.25, 0.3) is 0 Å². The summed E-state index contributed by atoms with van der Waals surface area (Å²) >= 11 is 1.75. The summed E-state index contributed by atoms with van der Waals surface area (Å²) in [5.41, 5.74) is 1.18. The Morgan fingerprint density at radius 2 is 2.17 bits per heavy atom. The van der Waals surface area contributed by atoms with Gasteiger partial charge in [0.15, 0.2) is 5.96 Å². The number of aliphatic imine (C=N–C) groups is 1. The van der Waals surface area contributed by atoms with E-state index >= 15 is 0 Å². The number of guanidine groups is 1. The van der Waals surface area contributed by atoms with Crippen LogP contribution in [-0.4, -0.2) is 30.6 Å². The van der Waals surface area contributed by atoms with Crippen LogP contribution in [0.15, 0.2) is 10.4 Å². The highest BCUT2D eigenvalue weighted by Crippen LogP contribution is 2.10. The van der Waals surface area contributed by atoms with Crippen LogP contribution in [0.3, 0.4) is 0 Å². The van der Waals surface area contributed by atoms with Crippen LogP contribution in [0.5, 0.6) is 0 Å². The van der Waals surface area contributed by atoms with Gasteiger partial charge in [-0.05, 0) is 19.8 Å². The first-order chi connectivity index (χ1) is 8.80. The Morgan fingerprint density at radius 3 is 2.78 bits per heavy atom. The van der Waals surface area contributed by atoms with E-state index in [1.807, 2.05) is 0 Å². The lowest BCUT2D eigenvalue weighted by molar-refractivity contribution is 0.784. The summed E-state index contributed by atoms with van der Waals surface area (Å²) in [6, 6.07) is 0. The molecule has 0 atom stereocenters. The molecule has 0 saturated carbocycles. The van der Waals surface area contributed by atoms with Crippen molar-refractivity contribution >= 4 is 17.3 Å². The molecule has 4 nitrogen and oxygen atoms in total. The molecule has 1 aromatic rings. The molecule has 0 aliphatic carbocycles. The molecule has 0 radical (unpaired) electrons. The molecule has 0 amide bonds. The van der Waals surface area contributed by atoms with Crippen LogP contribution in [0.4, 0.5) is 0 Å². The van der Waals surface area contributed by atoms with Crippen molar-refractivity contribution < 1.29 is 0 Å². The second-order valence-corrected chi connectivity index (χ2v) is 4.97. The van der Waals surface area contributed by atoms with E-state index in [4.69, 9.17) is 0 Å². The fraction of sp³-hybridized carbons (Fsp3) is 0.692. The average Bonchev–Trinajstić information content (AvgIpc) is 2.84. The summed E-state index contributed by atoms with van der Waals surface area (Å²) in [6.45, 7) is 8.99. The molecule has 0 aliphatic rings. The summed E-state index contributed by atoms with van der Waals surface area (Å²) < 4.78 is 0. The zero-order valence-corrected chi connectivity index (χ0v) is 12.4. The van der Waals surface area contributed by atoms with E-state index < -0.39 is 0 Å². The summed E-state index contributed by atoms with van der Waals surface area (Å²) in [6.07, 6.45) is 3.05. The van der Waals surface area contributed by atoms with Gasteiger partial charge in [0, 0.05) is 31.4 Å². The fourth-order valence-corrected chi connectivity index (χ4v) is 2.28.